The van der Waals surface area contributed by atoms with Crippen molar-refractivity contribution < 1.29 is 13.2 Å². The van der Waals surface area contributed by atoms with Gasteiger partial charge in [0.05, 0.1) is 4.90 Å². The Balaban J connectivity index is 1.53. The molecule has 1 aliphatic carbocycles. The zero-order valence-electron chi connectivity index (χ0n) is 14.6. The number of carbonyl (C=O) groups excluding carboxylic acids is 1. The van der Waals surface area contributed by atoms with Gasteiger partial charge in [-0.3, -0.25) is 4.79 Å². The summed E-state index contributed by atoms with van der Waals surface area (Å²) in [6.07, 6.45) is 4.71. The van der Waals surface area contributed by atoms with Crippen molar-refractivity contribution in [1.82, 2.24) is 4.72 Å². The van der Waals surface area contributed by atoms with Gasteiger partial charge >= 0.3 is 0 Å². The van der Waals surface area contributed by atoms with Gasteiger partial charge in [0, 0.05) is 23.0 Å². The summed E-state index contributed by atoms with van der Waals surface area (Å²) in [5.74, 6) is -0.0599. The molecule has 138 valence electrons. The number of sulfonamides is 1. The van der Waals surface area contributed by atoms with Gasteiger partial charge in [-0.25, -0.2) is 13.1 Å². The molecular formula is C19H22N2O3S2. The van der Waals surface area contributed by atoms with Crippen LogP contribution < -0.4 is 10.0 Å². The van der Waals surface area contributed by atoms with Crippen LogP contribution in [0.5, 0.6) is 0 Å². The van der Waals surface area contributed by atoms with E-state index in [0.29, 0.717) is 12.8 Å². The van der Waals surface area contributed by atoms with Crippen molar-refractivity contribution in [2.75, 3.05) is 11.6 Å². The second kappa shape index (κ2) is 8.24. The lowest BCUT2D eigenvalue weighted by Crippen LogP contribution is -2.25. The van der Waals surface area contributed by atoms with Crippen LogP contribution in [0.2, 0.25) is 0 Å². The average molecular weight is 391 g/mol. The lowest BCUT2D eigenvalue weighted by molar-refractivity contribution is -0.116. The molecule has 1 saturated carbocycles. The van der Waals surface area contributed by atoms with Crippen molar-refractivity contribution in [2.24, 2.45) is 0 Å². The average Bonchev–Trinajstić information content (AvgIpc) is 3.44. The topological polar surface area (TPSA) is 75.3 Å². The summed E-state index contributed by atoms with van der Waals surface area (Å²) in [4.78, 5) is 13.5. The van der Waals surface area contributed by atoms with Crippen molar-refractivity contribution in [1.29, 1.82) is 0 Å². The van der Waals surface area contributed by atoms with E-state index in [1.807, 2.05) is 30.5 Å². The molecule has 0 aliphatic heterocycles. The largest absolute Gasteiger partial charge is 0.326 e. The first kappa shape index (κ1) is 18.9. The Hall–Kier alpha value is -1.83. The summed E-state index contributed by atoms with van der Waals surface area (Å²) in [6, 6.07) is 14.5. The first-order chi connectivity index (χ1) is 12.5. The molecule has 1 aliphatic rings. The van der Waals surface area contributed by atoms with Crippen LogP contribution in [-0.2, 0) is 21.2 Å². The van der Waals surface area contributed by atoms with Gasteiger partial charge < -0.3 is 5.32 Å². The van der Waals surface area contributed by atoms with Gasteiger partial charge in [-0.1, -0.05) is 18.2 Å². The number of anilines is 1. The molecule has 7 heteroatoms. The van der Waals surface area contributed by atoms with E-state index in [1.165, 1.54) is 0 Å². The first-order valence-corrected chi connectivity index (χ1v) is 11.2. The maximum absolute atomic E-state index is 12.1. The number of thioether (sulfide) groups is 1. The zero-order chi connectivity index (χ0) is 18.6. The molecule has 26 heavy (non-hydrogen) atoms. The molecule has 5 nitrogen and oxygen atoms in total. The van der Waals surface area contributed by atoms with Crippen LogP contribution in [0.25, 0.3) is 0 Å². The Morgan fingerprint density at radius 3 is 2.54 bits per heavy atom. The molecule has 0 aromatic heterocycles. The number of hydrogen-bond donors (Lipinski definition) is 2. The quantitative estimate of drug-likeness (QED) is 0.677. The minimum absolute atomic E-state index is 0.0599. The van der Waals surface area contributed by atoms with Crippen molar-refractivity contribution in [2.45, 2.75) is 41.5 Å². The van der Waals surface area contributed by atoms with Crippen LogP contribution in [0.15, 0.2) is 58.3 Å². The predicted octanol–water partition coefficient (Wildman–Crippen LogP) is 3.42. The summed E-state index contributed by atoms with van der Waals surface area (Å²) in [5.41, 5.74) is 1.72. The van der Waals surface area contributed by atoms with Crippen LogP contribution >= 0.6 is 11.8 Å². The second-order valence-corrected chi connectivity index (χ2v) is 8.91. The van der Waals surface area contributed by atoms with Crippen molar-refractivity contribution >= 4 is 33.4 Å². The van der Waals surface area contributed by atoms with Gasteiger partial charge in [-0.2, -0.15) is 0 Å². The van der Waals surface area contributed by atoms with Crippen LogP contribution in [-0.4, -0.2) is 26.6 Å². The zero-order valence-corrected chi connectivity index (χ0v) is 16.2. The normalized spacial score (nSPS) is 14.2. The number of carbonyl (C=O) groups is 1. The van der Waals surface area contributed by atoms with E-state index in [9.17, 15) is 13.2 Å². The third kappa shape index (κ3) is 5.33. The monoisotopic (exact) mass is 390 g/mol. The number of aryl methyl sites for hydroxylation is 1. The number of hydrogen-bond acceptors (Lipinski definition) is 4. The molecule has 3 rings (SSSR count). The van der Waals surface area contributed by atoms with E-state index in [0.717, 1.165) is 29.0 Å². The fourth-order valence-corrected chi connectivity index (χ4v) is 4.27. The Kier molecular flexibility index (Phi) is 6.01. The highest BCUT2D eigenvalue weighted by Crippen LogP contribution is 2.22. The van der Waals surface area contributed by atoms with Gasteiger partial charge in [0.2, 0.25) is 15.9 Å². The van der Waals surface area contributed by atoms with Gasteiger partial charge in [-0.15, -0.1) is 11.8 Å². The number of rotatable bonds is 8. The van der Waals surface area contributed by atoms with E-state index in [1.54, 1.807) is 36.0 Å². The lowest BCUT2D eigenvalue weighted by atomic mass is 10.1. The summed E-state index contributed by atoms with van der Waals surface area (Å²) in [7, 11) is -3.42. The number of amides is 1. The van der Waals surface area contributed by atoms with E-state index in [2.05, 4.69) is 10.0 Å². The molecule has 0 unspecified atom stereocenters. The highest BCUT2D eigenvalue weighted by molar-refractivity contribution is 7.98. The SMILES string of the molecule is CSc1cccc(NC(=O)CCc2ccc(S(=O)(=O)NC3CC3)cc2)c1. The van der Waals surface area contributed by atoms with Gasteiger partial charge in [-0.05, 0) is 61.4 Å². The standard InChI is InChI=1S/C19H22N2O3S2/c1-25-17-4-2-3-16(13-17)20-19(22)12-7-14-5-10-18(11-6-14)26(23,24)21-15-8-9-15/h2-6,10-11,13,15,21H,7-9,12H2,1H3,(H,20,22). The van der Waals surface area contributed by atoms with Crippen LogP contribution in [0.3, 0.4) is 0 Å². The van der Waals surface area contributed by atoms with Crippen LogP contribution in [0.4, 0.5) is 5.69 Å². The fraction of sp³-hybridized carbons (Fsp3) is 0.316. The molecular weight excluding hydrogens is 368 g/mol. The van der Waals surface area contributed by atoms with Gasteiger partial charge in [0.15, 0.2) is 0 Å². The van der Waals surface area contributed by atoms with E-state index >= 15 is 0 Å². The molecule has 0 saturated heterocycles. The third-order valence-electron chi connectivity index (χ3n) is 4.13. The molecule has 0 atom stereocenters. The predicted molar refractivity (Wildman–Crippen MR) is 105 cm³/mol. The maximum atomic E-state index is 12.1. The highest BCUT2D eigenvalue weighted by atomic mass is 32.2. The molecule has 1 amide bonds. The van der Waals surface area contributed by atoms with E-state index in [4.69, 9.17) is 0 Å². The summed E-state index contributed by atoms with van der Waals surface area (Å²) in [6.45, 7) is 0. The lowest BCUT2D eigenvalue weighted by Gasteiger charge is -2.08. The molecule has 2 N–H and O–H groups in total. The minimum atomic E-state index is -3.42. The number of benzene rings is 2. The Morgan fingerprint density at radius 1 is 1.15 bits per heavy atom. The second-order valence-electron chi connectivity index (χ2n) is 6.32. The molecule has 2 aromatic carbocycles. The van der Waals surface area contributed by atoms with Crippen LogP contribution in [0.1, 0.15) is 24.8 Å². The molecule has 0 bridgehead atoms. The van der Waals surface area contributed by atoms with E-state index < -0.39 is 10.0 Å². The summed E-state index contributed by atoms with van der Waals surface area (Å²) >= 11 is 1.63. The fourth-order valence-electron chi connectivity index (χ4n) is 2.51. The van der Waals surface area contributed by atoms with Crippen molar-refractivity contribution in [3.63, 3.8) is 0 Å². The van der Waals surface area contributed by atoms with Crippen molar-refractivity contribution in [3.05, 3.63) is 54.1 Å². The van der Waals surface area contributed by atoms with Gasteiger partial charge in [0.1, 0.15) is 0 Å². The minimum Gasteiger partial charge on any atom is -0.326 e. The molecule has 0 spiro atoms. The van der Waals surface area contributed by atoms with Crippen LogP contribution in [0, 0.1) is 0 Å². The summed E-state index contributed by atoms with van der Waals surface area (Å²) in [5, 5.41) is 2.89. The van der Waals surface area contributed by atoms with Crippen molar-refractivity contribution in [3.8, 4) is 0 Å². The number of nitrogens with one attached hydrogen (secondary N) is 2. The smallest absolute Gasteiger partial charge is 0.240 e. The highest BCUT2D eigenvalue weighted by Gasteiger charge is 2.27. The Labute approximate surface area is 158 Å². The van der Waals surface area contributed by atoms with E-state index in [-0.39, 0.29) is 16.8 Å². The third-order valence-corrected chi connectivity index (χ3v) is 6.39. The molecule has 0 heterocycles. The Morgan fingerprint density at radius 2 is 1.88 bits per heavy atom. The first-order valence-electron chi connectivity index (χ1n) is 8.51. The molecule has 2 aromatic rings. The maximum Gasteiger partial charge on any atom is 0.240 e. The van der Waals surface area contributed by atoms with Gasteiger partial charge in [0.25, 0.3) is 0 Å². The Bertz CT molecular complexity index is 876. The molecule has 1 fully saturated rings. The summed E-state index contributed by atoms with van der Waals surface area (Å²) < 4.78 is 26.9. The molecule has 0 radical (unpaired) electrons.